The zero-order valence-corrected chi connectivity index (χ0v) is 12.6. The zero-order chi connectivity index (χ0) is 15.4. The highest BCUT2D eigenvalue weighted by molar-refractivity contribution is 5.61. The van der Waals surface area contributed by atoms with Crippen LogP contribution < -0.4 is 0 Å². The second kappa shape index (κ2) is 6.92. The number of benzene rings is 1. The summed E-state index contributed by atoms with van der Waals surface area (Å²) in [5, 5.41) is 7.31. The van der Waals surface area contributed by atoms with E-state index in [1.54, 1.807) is 19.1 Å². The SMILES string of the molecule is CC=Nc1ccc(C(C)C2CCC(C=N)CC2)c(F)c1F. The van der Waals surface area contributed by atoms with E-state index in [1.807, 2.05) is 6.92 Å². The van der Waals surface area contributed by atoms with Gasteiger partial charge in [0, 0.05) is 6.21 Å². The maximum absolute atomic E-state index is 14.2. The van der Waals surface area contributed by atoms with Gasteiger partial charge in [-0.2, -0.15) is 0 Å². The van der Waals surface area contributed by atoms with E-state index in [2.05, 4.69) is 4.99 Å². The highest BCUT2D eigenvalue weighted by Crippen LogP contribution is 2.39. The molecule has 1 saturated carbocycles. The van der Waals surface area contributed by atoms with E-state index >= 15 is 0 Å². The average molecular weight is 292 g/mol. The second-order valence-corrected chi connectivity index (χ2v) is 5.82. The van der Waals surface area contributed by atoms with E-state index < -0.39 is 11.6 Å². The van der Waals surface area contributed by atoms with Crippen LogP contribution in [0.2, 0.25) is 0 Å². The number of nitrogens with zero attached hydrogens (tertiary/aromatic N) is 1. The number of hydrogen-bond donors (Lipinski definition) is 1. The van der Waals surface area contributed by atoms with E-state index in [9.17, 15) is 8.78 Å². The van der Waals surface area contributed by atoms with Gasteiger partial charge in [0.1, 0.15) is 5.69 Å². The van der Waals surface area contributed by atoms with Crippen LogP contribution in [0.3, 0.4) is 0 Å². The van der Waals surface area contributed by atoms with Crippen molar-refractivity contribution in [1.82, 2.24) is 0 Å². The monoisotopic (exact) mass is 292 g/mol. The van der Waals surface area contributed by atoms with Crippen LogP contribution in [0, 0.1) is 28.9 Å². The third-order valence-corrected chi connectivity index (χ3v) is 4.61. The molecule has 1 aromatic carbocycles. The number of aliphatic imine (C=N–C) groups is 1. The Morgan fingerprint density at radius 3 is 2.43 bits per heavy atom. The van der Waals surface area contributed by atoms with Crippen molar-refractivity contribution in [2.24, 2.45) is 16.8 Å². The number of nitrogens with one attached hydrogen (secondary N) is 1. The standard InChI is InChI=1S/C17H22F2N2/c1-3-21-15-9-8-14(16(18)17(15)19)11(2)13-6-4-12(10-20)5-7-13/h3,8-13,20H,4-7H2,1-2H3. The van der Waals surface area contributed by atoms with Crippen LogP contribution >= 0.6 is 0 Å². The largest absolute Gasteiger partial charge is 0.313 e. The summed E-state index contributed by atoms with van der Waals surface area (Å²) in [5.74, 6) is -0.914. The highest BCUT2D eigenvalue weighted by Gasteiger charge is 2.28. The minimum Gasteiger partial charge on any atom is -0.313 e. The molecule has 0 aliphatic heterocycles. The van der Waals surface area contributed by atoms with Crippen LogP contribution in [0.1, 0.15) is 51.0 Å². The van der Waals surface area contributed by atoms with E-state index in [1.165, 1.54) is 12.4 Å². The molecule has 2 nitrogen and oxygen atoms in total. The molecule has 1 N–H and O–H groups in total. The minimum atomic E-state index is -0.856. The fourth-order valence-corrected chi connectivity index (χ4v) is 3.21. The molecule has 0 saturated heterocycles. The molecular weight excluding hydrogens is 270 g/mol. The maximum atomic E-state index is 14.2. The molecule has 1 atom stereocenters. The molecule has 0 heterocycles. The molecular formula is C17H22F2N2. The third-order valence-electron chi connectivity index (χ3n) is 4.61. The van der Waals surface area contributed by atoms with E-state index in [0.717, 1.165) is 25.7 Å². The van der Waals surface area contributed by atoms with E-state index in [4.69, 9.17) is 5.41 Å². The Balaban J connectivity index is 2.18. The van der Waals surface area contributed by atoms with Gasteiger partial charge in [-0.05, 0) is 68.2 Å². The Morgan fingerprint density at radius 1 is 1.19 bits per heavy atom. The summed E-state index contributed by atoms with van der Waals surface area (Å²) in [4.78, 5) is 3.84. The van der Waals surface area contributed by atoms with Gasteiger partial charge in [-0.15, -0.1) is 0 Å². The number of halogens is 2. The molecule has 0 radical (unpaired) electrons. The van der Waals surface area contributed by atoms with Crippen LogP contribution in [-0.2, 0) is 0 Å². The molecule has 0 bridgehead atoms. The molecule has 0 amide bonds. The first-order chi connectivity index (χ1) is 10.1. The van der Waals surface area contributed by atoms with Crippen molar-refractivity contribution in [2.45, 2.75) is 45.4 Å². The molecule has 1 aromatic rings. The first kappa shape index (κ1) is 15.8. The Morgan fingerprint density at radius 2 is 1.86 bits per heavy atom. The van der Waals surface area contributed by atoms with Crippen molar-refractivity contribution in [3.05, 3.63) is 29.3 Å². The zero-order valence-electron chi connectivity index (χ0n) is 12.6. The Kier molecular flexibility index (Phi) is 5.21. The molecule has 0 spiro atoms. The van der Waals surface area contributed by atoms with Crippen molar-refractivity contribution in [3.8, 4) is 0 Å². The summed E-state index contributed by atoms with van der Waals surface area (Å²) in [7, 11) is 0. The van der Waals surface area contributed by atoms with Crippen molar-refractivity contribution in [3.63, 3.8) is 0 Å². The topological polar surface area (TPSA) is 36.2 Å². The predicted octanol–water partition coefficient (Wildman–Crippen LogP) is 5.25. The quantitative estimate of drug-likeness (QED) is 0.736. The summed E-state index contributed by atoms with van der Waals surface area (Å²) in [6.45, 7) is 3.64. The van der Waals surface area contributed by atoms with Crippen molar-refractivity contribution < 1.29 is 8.78 Å². The van der Waals surface area contributed by atoms with Gasteiger partial charge in [0.2, 0.25) is 0 Å². The van der Waals surface area contributed by atoms with Gasteiger partial charge in [-0.3, -0.25) is 4.99 Å². The summed E-state index contributed by atoms with van der Waals surface area (Å²) >= 11 is 0. The normalized spacial score (nSPS) is 24.2. The first-order valence-corrected chi connectivity index (χ1v) is 7.55. The highest BCUT2D eigenvalue weighted by atomic mass is 19.2. The predicted molar refractivity (Wildman–Crippen MR) is 82.8 cm³/mol. The summed E-state index contributed by atoms with van der Waals surface area (Å²) < 4.78 is 28.2. The Hall–Kier alpha value is -1.58. The van der Waals surface area contributed by atoms with Crippen LogP contribution in [0.5, 0.6) is 0 Å². The second-order valence-electron chi connectivity index (χ2n) is 5.82. The van der Waals surface area contributed by atoms with E-state index in [0.29, 0.717) is 17.4 Å². The van der Waals surface area contributed by atoms with Crippen LogP contribution in [-0.4, -0.2) is 12.4 Å². The summed E-state index contributed by atoms with van der Waals surface area (Å²) in [6, 6.07) is 3.21. The molecule has 21 heavy (non-hydrogen) atoms. The van der Waals surface area contributed by atoms with Crippen LogP contribution in [0.4, 0.5) is 14.5 Å². The van der Waals surface area contributed by atoms with Gasteiger partial charge in [0.05, 0.1) is 0 Å². The lowest BCUT2D eigenvalue weighted by molar-refractivity contribution is 0.284. The van der Waals surface area contributed by atoms with Crippen molar-refractivity contribution in [2.75, 3.05) is 0 Å². The molecule has 1 unspecified atom stereocenters. The molecule has 114 valence electrons. The van der Waals surface area contributed by atoms with Gasteiger partial charge in [0.15, 0.2) is 11.6 Å². The van der Waals surface area contributed by atoms with Crippen molar-refractivity contribution in [1.29, 1.82) is 5.41 Å². The molecule has 1 aliphatic rings. The van der Waals surface area contributed by atoms with E-state index in [-0.39, 0.29) is 11.6 Å². The smallest absolute Gasteiger partial charge is 0.184 e. The molecule has 1 aliphatic carbocycles. The van der Waals surface area contributed by atoms with Crippen LogP contribution in [0.25, 0.3) is 0 Å². The number of hydrogen-bond acceptors (Lipinski definition) is 2. The fourth-order valence-electron chi connectivity index (χ4n) is 3.21. The number of rotatable bonds is 4. The van der Waals surface area contributed by atoms with Gasteiger partial charge in [0.25, 0.3) is 0 Å². The third kappa shape index (κ3) is 3.36. The first-order valence-electron chi connectivity index (χ1n) is 7.55. The van der Waals surface area contributed by atoms with Crippen LogP contribution in [0.15, 0.2) is 17.1 Å². The van der Waals surface area contributed by atoms with Gasteiger partial charge in [-0.25, -0.2) is 8.78 Å². The average Bonchev–Trinajstić information content (AvgIpc) is 2.52. The lowest BCUT2D eigenvalue weighted by atomic mass is 9.74. The molecule has 2 rings (SSSR count). The maximum Gasteiger partial charge on any atom is 0.184 e. The summed E-state index contributed by atoms with van der Waals surface area (Å²) in [5.41, 5.74) is 0.499. The lowest BCUT2D eigenvalue weighted by Gasteiger charge is -2.31. The molecule has 0 aromatic heterocycles. The fraction of sp³-hybridized carbons (Fsp3) is 0.529. The van der Waals surface area contributed by atoms with Gasteiger partial charge >= 0.3 is 0 Å². The van der Waals surface area contributed by atoms with Gasteiger partial charge in [-0.1, -0.05) is 13.0 Å². The Bertz CT molecular complexity index is 532. The lowest BCUT2D eigenvalue weighted by Crippen LogP contribution is -2.20. The van der Waals surface area contributed by atoms with Gasteiger partial charge < -0.3 is 5.41 Å². The Labute approximate surface area is 124 Å². The molecule has 4 heteroatoms. The minimum absolute atomic E-state index is 0.00848. The summed E-state index contributed by atoms with van der Waals surface area (Å²) in [6.07, 6.45) is 6.86. The molecule has 1 fully saturated rings. The van der Waals surface area contributed by atoms with Crippen molar-refractivity contribution >= 4 is 18.1 Å².